The number of carbonyl (C=O) groups excluding carboxylic acids is 2. The summed E-state index contributed by atoms with van der Waals surface area (Å²) in [4.78, 5) is 25.0. The maximum Gasteiger partial charge on any atom is 0.255 e. The van der Waals surface area contributed by atoms with Crippen LogP contribution >= 0.6 is 0 Å². The molecule has 0 heterocycles. The summed E-state index contributed by atoms with van der Waals surface area (Å²) in [5.41, 5.74) is 7.86. The van der Waals surface area contributed by atoms with E-state index in [1.807, 2.05) is 0 Å². The highest BCUT2D eigenvalue weighted by Crippen LogP contribution is 2.31. The molecule has 0 aromatic heterocycles. The van der Waals surface area contributed by atoms with E-state index in [1.54, 1.807) is 49.6 Å². The van der Waals surface area contributed by atoms with Gasteiger partial charge in [-0.2, -0.15) is 0 Å². The van der Waals surface area contributed by atoms with Crippen LogP contribution in [0.2, 0.25) is 0 Å². The van der Waals surface area contributed by atoms with E-state index in [9.17, 15) is 9.59 Å². The summed E-state index contributed by atoms with van der Waals surface area (Å²) in [6, 6.07) is 11.9. The first-order chi connectivity index (χ1) is 13.1. The zero-order valence-corrected chi connectivity index (χ0v) is 15.5. The maximum absolute atomic E-state index is 12.6. The van der Waals surface area contributed by atoms with Crippen molar-refractivity contribution in [2.24, 2.45) is 5.92 Å². The zero-order valence-electron chi connectivity index (χ0n) is 15.5. The van der Waals surface area contributed by atoms with Gasteiger partial charge in [0.05, 0.1) is 12.8 Å². The molecule has 3 rings (SSSR count). The Morgan fingerprint density at radius 2 is 1.81 bits per heavy atom. The molecule has 0 bridgehead atoms. The number of nitrogens with one attached hydrogen (secondary N) is 2. The molecular weight excluding hydrogens is 342 g/mol. The Kier molecular flexibility index (Phi) is 5.96. The molecule has 0 saturated heterocycles. The number of ether oxygens (including phenoxy) is 1. The van der Waals surface area contributed by atoms with Crippen LogP contribution in [0.25, 0.3) is 0 Å². The van der Waals surface area contributed by atoms with E-state index in [4.69, 9.17) is 10.5 Å². The first-order valence-corrected chi connectivity index (χ1v) is 9.22. The van der Waals surface area contributed by atoms with Gasteiger partial charge in [0.1, 0.15) is 5.75 Å². The Hall–Kier alpha value is -3.02. The molecule has 6 heteroatoms. The van der Waals surface area contributed by atoms with Gasteiger partial charge in [-0.25, -0.2) is 0 Å². The van der Waals surface area contributed by atoms with Gasteiger partial charge in [0, 0.05) is 22.9 Å². The lowest BCUT2D eigenvalue weighted by Crippen LogP contribution is -2.25. The molecule has 2 aromatic carbocycles. The number of carbonyl (C=O) groups is 2. The van der Waals surface area contributed by atoms with E-state index in [1.165, 1.54) is 6.42 Å². The van der Waals surface area contributed by atoms with Crippen molar-refractivity contribution >= 4 is 28.9 Å². The second-order valence-corrected chi connectivity index (χ2v) is 6.82. The van der Waals surface area contributed by atoms with E-state index in [2.05, 4.69) is 10.6 Å². The molecule has 1 aliphatic rings. The highest BCUT2D eigenvalue weighted by atomic mass is 16.5. The molecule has 0 spiro atoms. The van der Waals surface area contributed by atoms with Gasteiger partial charge in [-0.05, 0) is 49.2 Å². The highest BCUT2D eigenvalue weighted by molar-refractivity contribution is 6.05. The van der Waals surface area contributed by atoms with Crippen molar-refractivity contribution in [2.45, 2.75) is 32.1 Å². The lowest BCUT2D eigenvalue weighted by Gasteiger charge is -2.21. The minimum Gasteiger partial charge on any atom is -0.495 e. The number of nitrogens with two attached hydrogens (primary N) is 1. The number of methoxy groups -OCH3 is 1. The topological polar surface area (TPSA) is 93.4 Å². The number of nitrogen functional groups attached to an aromatic ring is 1. The van der Waals surface area contributed by atoms with Crippen molar-refractivity contribution < 1.29 is 14.3 Å². The molecule has 1 aliphatic carbocycles. The summed E-state index contributed by atoms with van der Waals surface area (Å²) in [5, 5.41) is 5.79. The van der Waals surface area contributed by atoms with Crippen molar-refractivity contribution in [3.8, 4) is 5.75 Å². The molecule has 6 nitrogen and oxygen atoms in total. The van der Waals surface area contributed by atoms with Gasteiger partial charge in [0.25, 0.3) is 5.91 Å². The zero-order chi connectivity index (χ0) is 19.2. The Balaban J connectivity index is 1.74. The molecule has 142 valence electrons. The number of benzene rings is 2. The third kappa shape index (κ3) is 4.78. The predicted octanol–water partition coefficient (Wildman–Crippen LogP) is 4.05. The van der Waals surface area contributed by atoms with E-state index < -0.39 is 0 Å². The second-order valence-electron chi connectivity index (χ2n) is 6.82. The van der Waals surface area contributed by atoms with Gasteiger partial charge in [-0.3, -0.25) is 9.59 Å². The molecule has 0 atom stereocenters. The van der Waals surface area contributed by atoms with Gasteiger partial charge in [-0.15, -0.1) is 0 Å². The predicted molar refractivity (Wildman–Crippen MR) is 107 cm³/mol. The quantitative estimate of drug-likeness (QED) is 0.695. The van der Waals surface area contributed by atoms with E-state index in [0.717, 1.165) is 25.7 Å². The molecule has 1 fully saturated rings. The minimum absolute atomic E-state index is 0.00677. The van der Waals surface area contributed by atoms with Crippen LogP contribution in [0.4, 0.5) is 17.1 Å². The molecule has 2 amide bonds. The van der Waals surface area contributed by atoms with Crippen molar-refractivity contribution in [1.82, 2.24) is 0 Å². The molecule has 27 heavy (non-hydrogen) atoms. The van der Waals surface area contributed by atoms with Crippen LogP contribution in [-0.2, 0) is 4.79 Å². The van der Waals surface area contributed by atoms with Crippen LogP contribution < -0.4 is 21.1 Å². The van der Waals surface area contributed by atoms with Crippen molar-refractivity contribution in [3.63, 3.8) is 0 Å². The Morgan fingerprint density at radius 1 is 1.04 bits per heavy atom. The molecule has 2 aromatic rings. The Labute approximate surface area is 159 Å². The lowest BCUT2D eigenvalue weighted by atomic mass is 9.88. The van der Waals surface area contributed by atoms with E-state index in [0.29, 0.717) is 28.4 Å². The summed E-state index contributed by atoms with van der Waals surface area (Å²) in [5.74, 6) is 0.333. The minimum atomic E-state index is -0.267. The van der Waals surface area contributed by atoms with Crippen molar-refractivity contribution in [3.05, 3.63) is 48.0 Å². The third-order valence-corrected chi connectivity index (χ3v) is 4.84. The average Bonchev–Trinajstić information content (AvgIpc) is 2.69. The Morgan fingerprint density at radius 3 is 2.52 bits per heavy atom. The SMILES string of the molecule is COc1ccc(NC(=O)c2cccc(N)c2)cc1NC(=O)C1CCCCC1. The second kappa shape index (κ2) is 8.58. The van der Waals surface area contributed by atoms with E-state index in [-0.39, 0.29) is 17.7 Å². The molecule has 1 saturated carbocycles. The fourth-order valence-electron chi connectivity index (χ4n) is 3.37. The van der Waals surface area contributed by atoms with Crippen LogP contribution in [-0.4, -0.2) is 18.9 Å². The summed E-state index contributed by atoms with van der Waals surface area (Å²) in [6.07, 6.45) is 5.20. The van der Waals surface area contributed by atoms with Gasteiger partial charge in [0.15, 0.2) is 0 Å². The smallest absolute Gasteiger partial charge is 0.255 e. The standard InChI is InChI=1S/C21H25N3O3/c1-27-19-11-10-17(23-21(26)15-8-5-9-16(22)12-15)13-18(19)24-20(25)14-6-3-2-4-7-14/h5,8-14H,2-4,6-7,22H2,1H3,(H,23,26)(H,24,25). The van der Waals surface area contributed by atoms with Gasteiger partial charge in [0.2, 0.25) is 5.91 Å². The van der Waals surface area contributed by atoms with Crippen LogP contribution in [0.5, 0.6) is 5.75 Å². The fourth-order valence-corrected chi connectivity index (χ4v) is 3.37. The molecule has 4 N–H and O–H groups in total. The number of rotatable bonds is 5. The average molecular weight is 367 g/mol. The van der Waals surface area contributed by atoms with Crippen LogP contribution in [0.1, 0.15) is 42.5 Å². The lowest BCUT2D eigenvalue weighted by molar-refractivity contribution is -0.120. The molecule has 0 aliphatic heterocycles. The highest BCUT2D eigenvalue weighted by Gasteiger charge is 2.22. The van der Waals surface area contributed by atoms with Crippen LogP contribution in [0, 0.1) is 5.92 Å². The third-order valence-electron chi connectivity index (χ3n) is 4.84. The van der Waals surface area contributed by atoms with E-state index >= 15 is 0 Å². The number of hydrogen-bond acceptors (Lipinski definition) is 4. The summed E-state index contributed by atoms with van der Waals surface area (Å²) in [6.45, 7) is 0. The fraction of sp³-hybridized carbons (Fsp3) is 0.333. The first kappa shape index (κ1) is 18.8. The van der Waals surface area contributed by atoms with Crippen LogP contribution in [0.3, 0.4) is 0 Å². The maximum atomic E-state index is 12.6. The van der Waals surface area contributed by atoms with Crippen molar-refractivity contribution in [2.75, 3.05) is 23.5 Å². The number of anilines is 3. The monoisotopic (exact) mass is 367 g/mol. The van der Waals surface area contributed by atoms with Gasteiger partial charge >= 0.3 is 0 Å². The largest absolute Gasteiger partial charge is 0.495 e. The normalized spacial score (nSPS) is 14.4. The first-order valence-electron chi connectivity index (χ1n) is 9.22. The number of hydrogen-bond donors (Lipinski definition) is 3. The summed E-state index contributed by atoms with van der Waals surface area (Å²) in [7, 11) is 1.55. The summed E-state index contributed by atoms with van der Waals surface area (Å²) < 4.78 is 5.35. The van der Waals surface area contributed by atoms with Gasteiger partial charge in [-0.1, -0.05) is 25.3 Å². The summed E-state index contributed by atoms with van der Waals surface area (Å²) >= 11 is 0. The van der Waals surface area contributed by atoms with Crippen LogP contribution in [0.15, 0.2) is 42.5 Å². The molecular formula is C21H25N3O3. The van der Waals surface area contributed by atoms with Gasteiger partial charge < -0.3 is 21.1 Å². The Bertz CT molecular complexity index is 829. The van der Waals surface area contributed by atoms with Crippen molar-refractivity contribution in [1.29, 1.82) is 0 Å². The number of amides is 2. The molecule has 0 unspecified atom stereocenters. The molecule has 0 radical (unpaired) electrons.